The zero-order chi connectivity index (χ0) is 32.0. The number of nitrogens with zero attached hydrogens (tertiary/aromatic N) is 5. The number of hydrogen-bond donors (Lipinski definition) is 1. The topological polar surface area (TPSA) is 111 Å². The fourth-order valence-corrected chi connectivity index (χ4v) is 6.73. The van der Waals surface area contributed by atoms with Crippen molar-refractivity contribution in [3.05, 3.63) is 118 Å². The van der Waals surface area contributed by atoms with Crippen LogP contribution in [0, 0.1) is 5.82 Å². The molecule has 5 aromatic rings. The molecule has 3 heterocycles. The van der Waals surface area contributed by atoms with E-state index in [1.165, 1.54) is 35.0 Å². The summed E-state index contributed by atoms with van der Waals surface area (Å²) in [4.78, 5) is 27.6. The molecule has 0 saturated heterocycles. The van der Waals surface area contributed by atoms with Gasteiger partial charge in [0.2, 0.25) is 0 Å². The van der Waals surface area contributed by atoms with E-state index in [9.17, 15) is 14.0 Å². The molecule has 2 aromatic heterocycles. The van der Waals surface area contributed by atoms with Crippen LogP contribution in [0.2, 0.25) is 0 Å². The molecule has 0 bridgehead atoms. The Labute approximate surface area is 272 Å². The molecule has 13 heteroatoms. The molecule has 1 aliphatic heterocycles. The standard InChI is InChI=1S/C33H29FN6O4S2/c1-43-27-15-8-13-23(31(27)44-2)26-18-25(28-16-9-17-45-28)38-40(26)30(41)20-46-33-37-36-29(39(33)21-10-4-3-5-11-21)19-35-32(42)22-12-6-7-14-24(22)34/h3-17,26H,18-20H2,1-2H3,(H,35,42)/t26-/m0/s1. The number of para-hydroxylation sites is 2. The SMILES string of the molecule is COc1cccc([C@@H]2CC(c3cccs3)=NN2C(=O)CSc2nnc(CNC(=O)c3ccccc3F)n2-c2ccccc2)c1OC. The molecule has 0 fully saturated rings. The number of carbonyl (C=O) groups excluding carboxylic acids is 2. The van der Waals surface area contributed by atoms with E-state index in [2.05, 4.69) is 15.5 Å². The van der Waals surface area contributed by atoms with Gasteiger partial charge in [0.05, 0.1) is 48.7 Å². The first-order valence-corrected chi connectivity index (χ1v) is 16.1. The first-order valence-electron chi connectivity index (χ1n) is 14.3. The number of ether oxygens (including phenoxy) is 2. The molecule has 0 spiro atoms. The maximum Gasteiger partial charge on any atom is 0.254 e. The molecule has 1 aliphatic rings. The van der Waals surface area contributed by atoms with Crippen LogP contribution in [0.25, 0.3) is 5.69 Å². The molecule has 1 N–H and O–H groups in total. The van der Waals surface area contributed by atoms with Crippen molar-refractivity contribution < 1.29 is 23.5 Å². The van der Waals surface area contributed by atoms with Gasteiger partial charge in [-0.05, 0) is 41.8 Å². The number of hydrazone groups is 1. The predicted molar refractivity (Wildman–Crippen MR) is 174 cm³/mol. The number of rotatable bonds is 11. The van der Waals surface area contributed by atoms with Crippen molar-refractivity contribution in [3.63, 3.8) is 0 Å². The van der Waals surface area contributed by atoms with Crippen LogP contribution in [-0.4, -0.2) is 57.3 Å². The molecular formula is C33H29FN6O4S2. The third-order valence-electron chi connectivity index (χ3n) is 7.33. The number of carbonyl (C=O) groups is 2. The lowest BCUT2D eigenvalue weighted by atomic mass is 9.99. The number of benzene rings is 3. The number of nitrogens with one attached hydrogen (secondary N) is 1. The second kappa shape index (κ2) is 14.0. The average Bonchev–Trinajstić information content (AvgIpc) is 3.86. The maximum absolute atomic E-state index is 14.2. The van der Waals surface area contributed by atoms with Crippen molar-refractivity contribution in [3.8, 4) is 17.2 Å². The number of thiophene rings is 1. The minimum atomic E-state index is -0.615. The summed E-state index contributed by atoms with van der Waals surface area (Å²) >= 11 is 2.77. The summed E-state index contributed by atoms with van der Waals surface area (Å²) in [6, 6.07) is 24.3. The number of halogens is 1. The molecule has 6 rings (SSSR count). The molecule has 46 heavy (non-hydrogen) atoms. The van der Waals surface area contributed by atoms with Crippen LogP contribution in [0.5, 0.6) is 11.5 Å². The Morgan fingerprint density at radius 3 is 2.52 bits per heavy atom. The van der Waals surface area contributed by atoms with E-state index in [-0.39, 0.29) is 23.8 Å². The van der Waals surface area contributed by atoms with Gasteiger partial charge in [-0.1, -0.05) is 60.3 Å². The zero-order valence-electron chi connectivity index (χ0n) is 24.9. The van der Waals surface area contributed by atoms with Gasteiger partial charge in [-0.15, -0.1) is 21.5 Å². The predicted octanol–water partition coefficient (Wildman–Crippen LogP) is 5.89. The summed E-state index contributed by atoms with van der Waals surface area (Å²) in [6.45, 7) is -0.0120. The highest BCUT2D eigenvalue weighted by molar-refractivity contribution is 7.99. The molecule has 2 amide bonds. The Morgan fingerprint density at radius 1 is 0.978 bits per heavy atom. The van der Waals surface area contributed by atoms with E-state index in [0.717, 1.165) is 21.8 Å². The fourth-order valence-electron chi connectivity index (χ4n) is 5.19. The number of thioether (sulfide) groups is 1. The molecule has 1 atom stereocenters. The summed E-state index contributed by atoms with van der Waals surface area (Å²) in [7, 11) is 3.15. The van der Waals surface area contributed by atoms with Crippen molar-refractivity contribution in [2.24, 2.45) is 5.10 Å². The number of aromatic nitrogens is 3. The monoisotopic (exact) mass is 656 g/mol. The molecule has 0 radical (unpaired) electrons. The first kappa shape index (κ1) is 31.0. The van der Waals surface area contributed by atoms with Gasteiger partial charge in [0.25, 0.3) is 11.8 Å². The van der Waals surface area contributed by atoms with Crippen molar-refractivity contribution in [1.82, 2.24) is 25.1 Å². The lowest BCUT2D eigenvalue weighted by molar-refractivity contribution is -0.130. The Hall–Kier alpha value is -5.01. The van der Waals surface area contributed by atoms with E-state index in [1.807, 2.05) is 66.0 Å². The average molecular weight is 657 g/mol. The minimum Gasteiger partial charge on any atom is -0.493 e. The highest BCUT2D eigenvalue weighted by Crippen LogP contribution is 2.42. The van der Waals surface area contributed by atoms with Crippen LogP contribution in [0.15, 0.2) is 101 Å². The van der Waals surface area contributed by atoms with Crippen LogP contribution in [0.4, 0.5) is 4.39 Å². The van der Waals surface area contributed by atoms with E-state index in [1.54, 1.807) is 36.2 Å². The second-order valence-electron chi connectivity index (χ2n) is 10.1. The van der Waals surface area contributed by atoms with Gasteiger partial charge in [-0.2, -0.15) is 5.10 Å². The molecule has 0 unspecified atom stereocenters. The van der Waals surface area contributed by atoms with E-state index < -0.39 is 17.8 Å². The Bertz CT molecular complexity index is 1880. The minimum absolute atomic E-state index is 0.0105. The Morgan fingerprint density at radius 2 is 1.78 bits per heavy atom. The summed E-state index contributed by atoms with van der Waals surface area (Å²) in [5.74, 6) is 0.128. The van der Waals surface area contributed by atoms with Crippen LogP contribution in [-0.2, 0) is 11.3 Å². The van der Waals surface area contributed by atoms with Crippen molar-refractivity contribution >= 4 is 40.6 Å². The van der Waals surface area contributed by atoms with Gasteiger partial charge < -0.3 is 14.8 Å². The number of hydrogen-bond acceptors (Lipinski definition) is 9. The summed E-state index contributed by atoms with van der Waals surface area (Å²) in [6.07, 6.45) is 0.506. The van der Waals surface area contributed by atoms with Crippen molar-refractivity contribution in [2.75, 3.05) is 20.0 Å². The highest BCUT2D eigenvalue weighted by atomic mass is 32.2. The first-order chi connectivity index (χ1) is 22.5. The summed E-state index contributed by atoms with van der Waals surface area (Å²) < 4.78 is 27.2. The van der Waals surface area contributed by atoms with Crippen molar-refractivity contribution in [1.29, 1.82) is 0 Å². The number of methoxy groups -OCH3 is 2. The lowest BCUT2D eigenvalue weighted by Gasteiger charge is -2.24. The van der Waals surface area contributed by atoms with E-state index in [4.69, 9.17) is 14.6 Å². The summed E-state index contributed by atoms with van der Waals surface area (Å²) in [5, 5.41) is 20.1. The van der Waals surface area contributed by atoms with Gasteiger partial charge in [-0.25, -0.2) is 9.40 Å². The Balaban J connectivity index is 1.26. The molecule has 234 valence electrons. The highest BCUT2D eigenvalue weighted by Gasteiger charge is 2.36. The second-order valence-corrected chi connectivity index (χ2v) is 12.0. The molecule has 0 aliphatic carbocycles. The molecular weight excluding hydrogens is 628 g/mol. The maximum atomic E-state index is 14.2. The zero-order valence-corrected chi connectivity index (χ0v) is 26.6. The van der Waals surface area contributed by atoms with E-state index >= 15 is 0 Å². The summed E-state index contributed by atoms with van der Waals surface area (Å²) in [5.41, 5.74) is 2.28. The fraction of sp³-hybridized carbons (Fsp3) is 0.182. The molecule has 0 saturated carbocycles. The van der Waals surface area contributed by atoms with Crippen LogP contribution < -0.4 is 14.8 Å². The normalized spacial score (nSPS) is 14.2. The van der Waals surface area contributed by atoms with Crippen LogP contribution >= 0.6 is 23.1 Å². The third kappa shape index (κ3) is 6.37. The number of amides is 2. The van der Waals surface area contributed by atoms with Gasteiger partial charge in [0, 0.05) is 17.7 Å². The molecule has 3 aromatic carbocycles. The third-order valence-corrected chi connectivity index (χ3v) is 9.16. The van der Waals surface area contributed by atoms with Gasteiger partial charge in [-0.3, -0.25) is 14.2 Å². The largest absolute Gasteiger partial charge is 0.493 e. The van der Waals surface area contributed by atoms with Crippen LogP contribution in [0.3, 0.4) is 0 Å². The van der Waals surface area contributed by atoms with Gasteiger partial charge in [0.1, 0.15) is 5.82 Å². The van der Waals surface area contributed by atoms with Gasteiger partial charge >= 0.3 is 0 Å². The lowest BCUT2D eigenvalue weighted by Crippen LogP contribution is -2.29. The van der Waals surface area contributed by atoms with E-state index in [0.29, 0.717) is 28.9 Å². The smallest absolute Gasteiger partial charge is 0.254 e. The Kier molecular flexibility index (Phi) is 9.41. The molecule has 10 nitrogen and oxygen atoms in total. The van der Waals surface area contributed by atoms with Crippen molar-refractivity contribution in [2.45, 2.75) is 24.2 Å². The van der Waals surface area contributed by atoms with Crippen LogP contribution in [0.1, 0.15) is 39.1 Å². The quantitative estimate of drug-likeness (QED) is 0.177. The van der Waals surface area contributed by atoms with Gasteiger partial charge in [0.15, 0.2) is 22.5 Å².